The van der Waals surface area contributed by atoms with Gasteiger partial charge in [0, 0.05) is 30.6 Å². The number of hydrogen-bond donors (Lipinski definition) is 0. The van der Waals surface area contributed by atoms with Gasteiger partial charge in [0.25, 0.3) is 0 Å². The van der Waals surface area contributed by atoms with Gasteiger partial charge in [-0.2, -0.15) is 0 Å². The Labute approximate surface area is 196 Å². The Morgan fingerprint density at radius 3 is 2.79 bits per heavy atom. The molecule has 1 aliphatic heterocycles. The minimum absolute atomic E-state index is 0.190. The topological polar surface area (TPSA) is 46.3 Å². The van der Waals surface area contributed by atoms with Crippen LogP contribution in [0.15, 0.2) is 65.4 Å². The van der Waals surface area contributed by atoms with Crippen LogP contribution in [0.1, 0.15) is 63.1 Å². The highest BCUT2D eigenvalue weighted by Gasteiger charge is 2.40. The molecule has 0 spiro atoms. The minimum Gasteiger partial charge on any atom is -0.464 e. The number of aromatic nitrogens is 1. The third-order valence-electron chi connectivity index (χ3n) is 7.80. The number of hydrogen-bond acceptors (Lipinski definition) is 4. The van der Waals surface area contributed by atoms with Crippen molar-refractivity contribution >= 4 is 22.3 Å². The van der Waals surface area contributed by atoms with Gasteiger partial charge in [0.15, 0.2) is 0 Å². The molecular formula is C29H34N2O2. The Morgan fingerprint density at radius 1 is 1.15 bits per heavy atom. The Balaban J connectivity index is 1.28. The van der Waals surface area contributed by atoms with Crippen LogP contribution in [-0.4, -0.2) is 35.3 Å². The van der Waals surface area contributed by atoms with Crippen molar-refractivity contribution in [3.05, 3.63) is 72.3 Å². The predicted octanol–water partition coefficient (Wildman–Crippen LogP) is 6.41. The Hall–Kier alpha value is -2.72. The molecule has 0 bridgehead atoms. The zero-order valence-corrected chi connectivity index (χ0v) is 19.6. The van der Waals surface area contributed by atoms with E-state index in [1.807, 2.05) is 30.5 Å². The molecule has 2 aromatic heterocycles. The molecule has 1 atom stereocenters. The molecule has 3 heterocycles. The van der Waals surface area contributed by atoms with Crippen molar-refractivity contribution in [2.24, 2.45) is 5.92 Å². The Bertz CT molecular complexity index is 1130. The summed E-state index contributed by atoms with van der Waals surface area (Å²) in [7, 11) is 0. The van der Waals surface area contributed by atoms with E-state index in [4.69, 9.17) is 4.42 Å². The van der Waals surface area contributed by atoms with Crippen LogP contribution in [0.5, 0.6) is 0 Å². The molecule has 3 aromatic rings. The number of furan rings is 1. The smallest absolute Gasteiger partial charge is 0.147 e. The van der Waals surface area contributed by atoms with Gasteiger partial charge in [-0.3, -0.25) is 14.7 Å². The van der Waals surface area contributed by atoms with Crippen molar-refractivity contribution in [2.75, 3.05) is 19.6 Å². The van der Waals surface area contributed by atoms with Crippen LogP contribution in [0.25, 0.3) is 16.5 Å². The molecule has 0 saturated heterocycles. The number of nitrogens with zero attached hydrogens (tertiary/aromatic N) is 2. The number of benzene rings is 1. The molecule has 4 nitrogen and oxygen atoms in total. The molecule has 1 saturated carbocycles. The first-order valence-corrected chi connectivity index (χ1v) is 12.5. The van der Waals surface area contributed by atoms with Gasteiger partial charge >= 0.3 is 0 Å². The van der Waals surface area contributed by atoms with E-state index >= 15 is 0 Å². The summed E-state index contributed by atoms with van der Waals surface area (Å²) in [6, 6.07) is 14.5. The van der Waals surface area contributed by atoms with Crippen molar-refractivity contribution in [1.29, 1.82) is 0 Å². The van der Waals surface area contributed by atoms with Crippen LogP contribution >= 0.6 is 0 Å². The molecule has 1 aliphatic carbocycles. The average molecular weight is 443 g/mol. The number of fused-ring (bicyclic) bond motifs is 1. The van der Waals surface area contributed by atoms with E-state index in [1.54, 1.807) is 6.26 Å². The molecule has 33 heavy (non-hydrogen) atoms. The van der Waals surface area contributed by atoms with E-state index in [1.165, 1.54) is 30.4 Å². The lowest BCUT2D eigenvalue weighted by atomic mass is 9.70. The first-order chi connectivity index (χ1) is 16.1. The molecule has 1 aromatic carbocycles. The van der Waals surface area contributed by atoms with Crippen LogP contribution in [-0.2, 0) is 10.2 Å². The highest BCUT2D eigenvalue weighted by molar-refractivity contribution is 5.91. The van der Waals surface area contributed by atoms with Crippen molar-refractivity contribution < 1.29 is 9.21 Å². The van der Waals surface area contributed by atoms with E-state index in [0.29, 0.717) is 5.78 Å². The van der Waals surface area contributed by atoms with E-state index in [-0.39, 0.29) is 5.92 Å². The summed E-state index contributed by atoms with van der Waals surface area (Å²) in [5.41, 5.74) is 4.00. The van der Waals surface area contributed by atoms with Crippen molar-refractivity contribution in [2.45, 2.75) is 57.3 Å². The van der Waals surface area contributed by atoms with E-state index in [2.05, 4.69) is 41.1 Å². The van der Waals surface area contributed by atoms with Gasteiger partial charge in [0.05, 0.1) is 17.4 Å². The van der Waals surface area contributed by atoms with Crippen LogP contribution in [0.3, 0.4) is 0 Å². The number of Topliss-reactive ketones (excluding diaryl/α,β-unsaturated/α-hetero) is 1. The number of pyridine rings is 1. The normalized spacial score (nSPS) is 19.8. The van der Waals surface area contributed by atoms with Crippen molar-refractivity contribution in [3.63, 3.8) is 0 Å². The van der Waals surface area contributed by atoms with Gasteiger partial charge in [0.2, 0.25) is 0 Å². The van der Waals surface area contributed by atoms with Gasteiger partial charge in [-0.15, -0.1) is 0 Å². The number of rotatable bonds is 7. The monoisotopic (exact) mass is 442 g/mol. The molecule has 4 heteroatoms. The molecule has 172 valence electrons. The summed E-state index contributed by atoms with van der Waals surface area (Å²) in [6.07, 6.45) is 13.5. The van der Waals surface area contributed by atoms with Crippen molar-refractivity contribution in [3.8, 4) is 0 Å². The second-order valence-corrected chi connectivity index (χ2v) is 9.95. The maximum atomic E-state index is 13.7. The fourth-order valence-corrected chi connectivity index (χ4v) is 5.59. The lowest BCUT2D eigenvalue weighted by Gasteiger charge is -2.35. The lowest BCUT2D eigenvalue weighted by molar-refractivity contribution is -0.129. The zero-order valence-electron chi connectivity index (χ0n) is 19.6. The second-order valence-electron chi connectivity index (χ2n) is 9.95. The quantitative estimate of drug-likeness (QED) is 0.424. The molecule has 0 radical (unpaired) electrons. The van der Waals surface area contributed by atoms with Crippen molar-refractivity contribution in [1.82, 2.24) is 9.88 Å². The largest absolute Gasteiger partial charge is 0.464 e. The molecule has 5 rings (SSSR count). The second kappa shape index (κ2) is 9.64. The summed E-state index contributed by atoms with van der Waals surface area (Å²) < 4.78 is 5.59. The van der Waals surface area contributed by atoms with E-state index in [9.17, 15) is 4.79 Å². The SMILES string of the molecule is CC(CCN1CC=C(c2ccc3ccoc3c2)CC1)(C(=O)C1CCCCC1)c1ccccn1. The maximum absolute atomic E-state index is 13.7. The third kappa shape index (κ3) is 4.67. The van der Waals surface area contributed by atoms with Crippen LogP contribution in [0.4, 0.5) is 0 Å². The van der Waals surface area contributed by atoms with Gasteiger partial charge < -0.3 is 4.42 Å². The highest BCUT2D eigenvalue weighted by atomic mass is 16.3. The van der Waals surface area contributed by atoms with E-state index in [0.717, 1.165) is 62.0 Å². The molecule has 1 unspecified atom stereocenters. The van der Waals surface area contributed by atoms with Crippen LogP contribution < -0.4 is 0 Å². The Morgan fingerprint density at radius 2 is 2.03 bits per heavy atom. The number of ketones is 1. The summed E-state index contributed by atoms with van der Waals surface area (Å²) in [6.45, 7) is 4.97. The summed E-state index contributed by atoms with van der Waals surface area (Å²) in [5.74, 6) is 0.594. The van der Waals surface area contributed by atoms with Gasteiger partial charge in [-0.1, -0.05) is 43.5 Å². The first kappa shape index (κ1) is 22.1. The maximum Gasteiger partial charge on any atom is 0.147 e. The third-order valence-corrected chi connectivity index (χ3v) is 7.80. The standard InChI is InChI=1S/C29H34N2O2/c1-29(27-9-5-6-16-30-27,28(32)24-7-3-2-4-8-24)15-19-31-17-12-22(13-18-31)25-11-10-23-14-20-33-26(23)21-25/h5-6,9-12,14,16,20-21,24H,2-4,7-8,13,15,17-19H2,1H3. The minimum atomic E-state index is -0.516. The molecule has 1 fully saturated rings. The lowest BCUT2D eigenvalue weighted by Crippen LogP contribution is -2.42. The van der Waals surface area contributed by atoms with Gasteiger partial charge in [0.1, 0.15) is 11.4 Å². The number of carbonyl (C=O) groups excluding carboxylic acids is 1. The summed E-state index contributed by atoms with van der Waals surface area (Å²) in [5, 5.41) is 1.15. The first-order valence-electron chi connectivity index (χ1n) is 12.5. The van der Waals surface area contributed by atoms with Gasteiger partial charge in [-0.25, -0.2) is 0 Å². The average Bonchev–Trinajstić information content (AvgIpc) is 3.36. The fraction of sp³-hybridized carbons (Fsp3) is 0.448. The van der Waals surface area contributed by atoms with Crippen LogP contribution in [0, 0.1) is 5.92 Å². The van der Waals surface area contributed by atoms with E-state index < -0.39 is 5.41 Å². The van der Waals surface area contributed by atoms with Gasteiger partial charge in [-0.05, 0) is 74.6 Å². The van der Waals surface area contributed by atoms with Crippen LogP contribution in [0.2, 0.25) is 0 Å². The summed E-state index contributed by atoms with van der Waals surface area (Å²) in [4.78, 5) is 20.9. The molecule has 2 aliphatic rings. The predicted molar refractivity (Wildman–Crippen MR) is 133 cm³/mol. The Kier molecular flexibility index (Phi) is 6.45. The zero-order chi connectivity index (χ0) is 22.7. The molecule has 0 amide bonds. The number of carbonyl (C=O) groups is 1. The highest BCUT2D eigenvalue weighted by Crippen LogP contribution is 2.36. The summed E-state index contributed by atoms with van der Waals surface area (Å²) >= 11 is 0. The molecule has 0 N–H and O–H groups in total. The molecular weight excluding hydrogens is 408 g/mol. The fourth-order valence-electron chi connectivity index (χ4n) is 5.59.